The average Bonchev–Trinajstić information content (AvgIpc) is 3.00. The van der Waals surface area contributed by atoms with Crippen molar-refractivity contribution in [3.8, 4) is 0 Å². The molecule has 0 aliphatic rings. The molecule has 0 rings (SSSR count). The molecule has 0 fully saturated rings. The molecule has 0 heterocycles. The number of hydrogen-bond acceptors (Lipinski definition) is 5. The van der Waals surface area contributed by atoms with Crippen molar-refractivity contribution in [1.82, 2.24) is 5.32 Å². The van der Waals surface area contributed by atoms with Crippen LogP contribution in [-0.4, -0.2) is 41.6 Å². The molecule has 0 bridgehead atoms. The second-order valence-corrected chi connectivity index (χ2v) is 11.9. The summed E-state index contributed by atoms with van der Waals surface area (Å²) in [5.41, 5.74) is 5.45. The first-order chi connectivity index (χ1) is 21.4. The van der Waals surface area contributed by atoms with Gasteiger partial charge in [-0.15, -0.1) is 0 Å². The van der Waals surface area contributed by atoms with Crippen molar-refractivity contribution in [3.05, 3.63) is 36.5 Å². The number of carboxylic acid groups (broad SMARTS) is 1. The number of amides is 1. The van der Waals surface area contributed by atoms with E-state index >= 15 is 0 Å². The van der Waals surface area contributed by atoms with Gasteiger partial charge < -0.3 is 20.9 Å². The summed E-state index contributed by atoms with van der Waals surface area (Å²) >= 11 is 0. The van der Waals surface area contributed by atoms with E-state index < -0.39 is 12.0 Å². The zero-order chi connectivity index (χ0) is 32.5. The summed E-state index contributed by atoms with van der Waals surface area (Å²) in [6.07, 6.45) is 35.2. The molecule has 4 N–H and O–H groups in total. The van der Waals surface area contributed by atoms with Crippen molar-refractivity contribution in [2.45, 2.75) is 174 Å². The van der Waals surface area contributed by atoms with Crippen LogP contribution in [0.5, 0.6) is 0 Å². The van der Waals surface area contributed by atoms with E-state index in [9.17, 15) is 19.5 Å². The Morgan fingerprint density at radius 3 is 1.93 bits per heavy atom. The Morgan fingerprint density at radius 1 is 0.682 bits per heavy atom. The van der Waals surface area contributed by atoms with Gasteiger partial charge in [0.15, 0.2) is 0 Å². The minimum Gasteiger partial charge on any atom is -0.480 e. The van der Waals surface area contributed by atoms with Crippen molar-refractivity contribution in [3.63, 3.8) is 0 Å². The number of ether oxygens (including phenoxy) is 1. The van der Waals surface area contributed by atoms with Gasteiger partial charge >= 0.3 is 11.9 Å². The molecule has 0 aromatic carbocycles. The lowest BCUT2D eigenvalue weighted by Crippen LogP contribution is -2.40. The summed E-state index contributed by atoms with van der Waals surface area (Å²) in [6, 6.07) is -0.869. The first kappa shape index (κ1) is 41.6. The fraction of sp³-hybridized carbons (Fsp3) is 0.757. The molecular formula is C37H66N2O5. The van der Waals surface area contributed by atoms with E-state index in [-0.39, 0.29) is 18.0 Å². The van der Waals surface area contributed by atoms with Crippen LogP contribution in [0.4, 0.5) is 0 Å². The molecule has 0 radical (unpaired) electrons. The molecule has 254 valence electrons. The van der Waals surface area contributed by atoms with Gasteiger partial charge in [0, 0.05) is 12.8 Å². The summed E-state index contributed by atoms with van der Waals surface area (Å²) < 4.78 is 5.80. The summed E-state index contributed by atoms with van der Waals surface area (Å²) in [5, 5.41) is 11.8. The molecule has 0 saturated heterocycles. The highest BCUT2D eigenvalue weighted by atomic mass is 16.5. The van der Waals surface area contributed by atoms with E-state index in [4.69, 9.17) is 10.5 Å². The molecule has 0 aliphatic heterocycles. The van der Waals surface area contributed by atoms with Crippen molar-refractivity contribution in [2.75, 3.05) is 6.54 Å². The summed E-state index contributed by atoms with van der Waals surface area (Å²) in [5.74, 6) is -1.36. The quantitative estimate of drug-likeness (QED) is 0.0405. The fourth-order valence-corrected chi connectivity index (χ4v) is 4.92. The predicted octanol–water partition coefficient (Wildman–Crippen LogP) is 9.11. The maximum absolute atomic E-state index is 12.5. The number of rotatable bonds is 31. The molecule has 0 aliphatic carbocycles. The average molecular weight is 619 g/mol. The van der Waals surface area contributed by atoms with Gasteiger partial charge in [-0.2, -0.15) is 0 Å². The van der Waals surface area contributed by atoms with E-state index in [0.717, 1.165) is 70.6 Å². The third-order valence-electron chi connectivity index (χ3n) is 7.64. The van der Waals surface area contributed by atoms with Crippen molar-refractivity contribution in [2.24, 2.45) is 5.73 Å². The van der Waals surface area contributed by atoms with Crippen LogP contribution in [-0.2, 0) is 19.1 Å². The van der Waals surface area contributed by atoms with Crippen molar-refractivity contribution in [1.29, 1.82) is 0 Å². The lowest BCUT2D eigenvalue weighted by atomic mass is 10.1. The van der Waals surface area contributed by atoms with Crippen LogP contribution >= 0.6 is 0 Å². The second-order valence-electron chi connectivity index (χ2n) is 11.9. The number of carbonyl (C=O) groups is 3. The number of nitrogens with one attached hydrogen (secondary N) is 1. The number of carboxylic acids is 1. The van der Waals surface area contributed by atoms with Gasteiger partial charge in [0.2, 0.25) is 5.91 Å². The van der Waals surface area contributed by atoms with Gasteiger partial charge in [-0.05, 0) is 89.7 Å². The number of nitrogens with two attached hydrogens (primary N) is 1. The molecular weight excluding hydrogens is 552 g/mol. The molecule has 0 saturated carbocycles. The van der Waals surface area contributed by atoms with Crippen LogP contribution in [0.3, 0.4) is 0 Å². The highest BCUT2D eigenvalue weighted by Gasteiger charge is 2.18. The van der Waals surface area contributed by atoms with Crippen molar-refractivity contribution < 1.29 is 24.2 Å². The summed E-state index contributed by atoms with van der Waals surface area (Å²) in [7, 11) is 0. The number of allylic oxidation sites excluding steroid dienone is 5. The van der Waals surface area contributed by atoms with Crippen molar-refractivity contribution >= 4 is 17.8 Å². The molecule has 1 amide bonds. The largest absolute Gasteiger partial charge is 0.480 e. The lowest BCUT2D eigenvalue weighted by molar-refractivity contribution is -0.147. The van der Waals surface area contributed by atoms with E-state index in [2.05, 4.69) is 49.5 Å². The van der Waals surface area contributed by atoms with Crippen LogP contribution in [0.1, 0.15) is 162 Å². The molecule has 2 unspecified atom stereocenters. The Kier molecular flexibility index (Phi) is 30.2. The molecule has 0 aromatic rings. The molecule has 44 heavy (non-hydrogen) atoms. The summed E-state index contributed by atoms with van der Waals surface area (Å²) in [6.45, 7) is 4.78. The van der Waals surface area contributed by atoms with E-state index in [1.54, 1.807) is 0 Å². The molecule has 0 aromatic heterocycles. The zero-order valence-corrected chi connectivity index (χ0v) is 28.2. The van der Waals surface area contributed by atoms with Crippen LogP contribution in [0.25, 0.3) is 0 Å². The lowest BCUT2D eigenvalue weighted by Gasteiger charge is -2.15. The standard InChI is InChI=1S/C37H66N2O5/c1-3-5-7-8-9-10-11-12-13-14-15-16-17-18-19-25-31-36(41)44-33(27-22-6-4-2)28-23-20-21-24-30-35(40)39-34(37(42)43)29-26-32-38/h10-11,13-14,22,27,33-34H,3-9,12,15-21,23-26,28-32,38H2,1-2H3,(H,39,40)(H,42,43)/b11-10-,14-13-,27-22-. The minimum atomic E-state index is -1.02. The minimum absolute atomic E-state index is 0.114. The van der Waals surface area contributed by atoms with Gasteiger partial charge in [-0.25, -0.2) is 4.79 Å². The van der Waals surface area contributed by atoms with Crippen LogP contribution in [0.2, 0.25) is 0 Å². The number of hydrogen-bond donors (Lipinski definition) is 3. The van der Waals surface area contributed by atoms with E-state index in [1.165, 1.54) is 44.9 Å². The Labute approximate surface area is 269 Å². The monoisotopic (exact) mass is 618 g/mol. The zero-order valence-electron chi connectivity index (χ0n) is 28.2. The number of aliphatic carboxylic acids is 1. The maximum Gasteiger partial charge on any atom is 0.326 e. The Bertz CT molecular complexity index is 793. The third kappa shape index (κ3) is 28.4. The first-order valence-corrected chi connectivity index (χ1v) is 17.8. The first-order valence-electron chi connectivity index (χ1n) is 17.8. The smallest absolute Gasteiger partial charge is 0.326 e. The third-order valence-corrected chi connectivity index (χ3v) is 7.64. The molecule has 7 nitrogen and oxygen atoms in total. The summed E-state index contributed by atoms with van der Waals surface area (Å²) in [4.78, 5) is 35.9. The topological polar surface area (TPSA) is 119 Å². The van der Waals surface area contributed by atoms with Gasteiger partial charge in [0.25, 0.3) is 0 Å². The Morgan fingerprint density at radius 2 is 1.30 bits per heavy atom. The van der Waals surface area contributed by atoms with Gasteiger partial charge in [0.05, 0.1) is 0 Å². The van der Waals surface area contributed by atoms with E-state index in [0.29, 0.717) is 38.6 Å². The fourth-order valence-electron chi connectivity index (χ4n) is 4.92. The molecule has 0 spiro atoms. The SMILES string of the molecule is CCC/C=C\C(CCCCCCC(=O)NC(CCCN)C(=O)O)OC(=O)CCCCCCC/C=C\C/C=C\CCCCCC. The number of unbranched alkanes of at least 4 members (excludes halogenated alkanes) is 13. The van der Waals surface area contributed by atoms with E-state index in [1.807, 2.05) is 6.08 Å². The Hall–Kier alpha value is -2.41. The maximum atomic E-state index is 12.5. The normalized spacial score (nSPS) is 13.2. The highest BCUT2D eigenvalue weighted by molar-refractivity contribution is 5.83. The number of carbonyl (C=O) groups excluding carboxylic acids is 2. The highest BCUT2D eigenvalue weighted by Crippen LogP contribution is 2.14. The van der Waals surface area contributed by atoms with Gasteiger partial charge in [0.1, 0.15) is 12.1 Å². The molecule has 7 heteroatoms. The van der Waals surface area contributed by atoms with Crippen LogP contribution in [0, 0.1) is 0 Å². The second kappa shape index (κ2) is 32.0. The number of esters is 1. The van der Waals surface area contributed by atoms with Gasteiger partial charge in [-0.3, -0.25) is 9.59 Å². The Balaban J connectivity index is 4.03. The van der Waals surface area contributed by atoms with Gasteiger partial charge in [-0.1, -0.05) is 102 Å². The van der Waals surface area contributed by atoms with Crippen LogP contribution in [0.15, 0.2) is 36.5 Å². The molecule has 2 atom stereocenters. The van der Waals surface area contributed by atoms with Crippen LogP contribution < -0.4 is 11.1 Å². The predicted molar refractivity (Wildman–Crippen MR) is 183 cm³/mol.